The van der Waals surface area contributed by atoms with Crippen LogP contribution in [0.5, 0.6) is 0 Å². The standard InChI is InChI=1S/C18H22N6S/c1-3-14-11-25-17(23-14)15(19)16-12(2)9-22-18(24-16)21-8-6-13-5-4-7-20-10-13/h4-5,7,9-11,23H,3,6,8,19H2,1-2H3,(H,21,22,24)/b17-15+. The fourth-order valence-electron chi connectivity index (χ4n) is 2.41. The van der Waals surface area contributed by atoms with E-state index in [2.05, 4.69) is 44.0 Å². The highest BCUT2D eigenvalue weighted by molar-refractivity contribution is 8.06. The first kappa shape index (κ1) is 17.3. The number of nitrogens with zero attached hydrogens (tertiary/aromatic N) is 3. The summed E-state index contributed by atoms with van der Waals surface area (Å²) in [6, 6.07) is 3.99. The number of nitrogens with two attached hydrogens (primary N) is 1. The molecule has 25 heavy (non-hydrogen) atoms. The van der Waals surface area contributed by atoms with E-state index in [0.717, 1.165) is 35.7 Å². The minimum absolute atomic E-state index is 0.583. The van der Waals surface area contributed by atoms with E-state index in [9.17, 15) is 0 Å². The van der Waals surface area contributed by atoms with Crippen molar-refractivity contribution in [3.63, 3.8) is 0 Å². The summed E-state index contributed by atoms with van der Waals surface area (Å²) in [7, 11) is 0. The number of nitrogens with one attached hydrogen (secondary N) is 2. The summed E-state index contributed by atoms with van der Waals surface area (Å²) >= 11 is 1.60. The molecule has 0 fully saturated rings. The summed E-state index contributed by atoms with van der Waals surface area (Å²) in [4.78, 5) is 13.1. The summed E-state index contributed by atoms with van der Waals surface area (Å²) < 4.78 is 0. The molecule has 0 radical (unpaired) electrons. The van der Waals surface area contributed by atoms with E-state index in [1.54, 1.807) is 24.2 Å². The van der Waals surface area contributed by atoms with Crippen molar-refractivity contribution >= 4 is 23.4 Å². The molecule has 6 nitrogen and oxygen atoms in total. The monoisotopic (exact) mass is 354 g/mol. The molecule has 3 rings (SSSR count). The zero-order chi connectivity index (χ0) is 17.6. The molecule has 0 aliphatic carbocycles. The number of aromatic nitrogens is 3. The maximum atomic E-state index is 6.34. The molecular formula is C18H22N6S. The topological polar surface area (TPSA) is 88.8 Å². The average molecular weight is 354 g/mol. The Kier molecular flexibility index (Phi) is 5.55. The summed E-state index contributed by atoms with van der Waals surface area (Å²) in [6.45, 7) is 4.81. The first-order valence-electron chi connectivity index (χ1n) is 8.26. The average Bonchev–Trinajstić information content (AvgIpc) is 3.13. The third kappa shape index (κ3) is 4.30. The van der Waals surface area contributed by atoms with Gasteiger partial charge in [0, 0.05) is 30.8 Å². The van der Waals surface area contributed by atoms with Crippen LogP contribution in [0.4, 0.5) is 5.95 Å². The first-order valence-corrected chi connectivity index (χ1v) is 9.14. The number of pyridine rings is 1. The van der Waals surface area contributed by atoms with Gasteiger partial charge in [-0.1, -0.05) is 24.8 Å². The summed E-state index contributed by atoms with van der Waals surface area (Å²) in [5, 5.41) is 9.62. The Morgan fingerprint density at radius 3 is 2.96 bits per heavy atom. The van der Waals surface area contributed by atoms with Crippen molar-refractivity contribution < 1.29 is 0 Å². The van der Waals surface area contributed by atoms with Gasteiger partial charge in [0.1, 0.15) is 5.03 Å². The minimum atomic E-state index is 0.583. The Morgan fingerprint density at radius 2 is 2.24 bits per heavy atom. The van der Waals surface area contributed by atoms with E-state index in [-0.39, 0.29) is 0 Å². The second-order valence-corrected chi connectivity index (χ2v) is 6.63. The number of thioether (sulfide) groups is 1. The van der Waals surface area contributed by atoms with E-state index in [1.807, 2.05) is 19.2 Å². The van der Waals surface area contributed by atoms with Crippen molar-refractivity contribution in [3.8, 4) is 0 Å². The normalized spacial score (nSPS) is 15.5. The number of allylic oxidation sites excluding steroid dienone is 1. The van der Waals surface area contributed by atoms with Gasteiger partial charge in [-0.3, -0.25) is 4.98 Å². The molecule has 130 valence electrons. The van der Waals surface area contributed by atoms with Gasteiger partial charge in [-0.05, 0) is 42.4 Å². The molecule has 0 aromatic carbocycles. The molecular weight excluding hydrogens is 332 g/mol. The first-order chi connectivity index (χ1) is 12.2. The fraction of sp³-hybridized carbons (Fsp3) is 0.278. The molecule has 1 aliphatic heterocycles. The van der Waals surface area contributed by atoms with Gasteiger partial charge in [0.25, 0.3) is 0 Å². The van der Waals surface area contributed by atoms with Gasteiger partial charge in [0.15, 0.2) is 0 Å². The van der Waals surface area contributed by atoms with Gasteiger partial charge in [-0.25, -0.2) is 9.97 Å². The third-order valence-corrected chi connectivity index (χ3v) is 4.83. The molecule has 1 aliphatic rings. The van der Waals surface area contributed by atoms with Gasteiger partial charge in [-0.2, -0.15) is 0 Å². The van der Waals surface area contributed by atoms with Crippen molar-refractivity contribution in [2.45, 2.75) is 26.7 Å². The second kappa shape index (κ2) is 8.02. The molecule has 2 aromatic rings. The molecule has 3 heterocycles. The van der Waals surface area contributed by atoms with E-state index in [1.165, 1.54) is 11.3 Å². The van der Waals surface area contributed by atoms with Gasteiger partial charge >= 0.3 is 0 Å². The molecule has 0 saturated heterocycles. The SMILES string of the molecule is CCC1=CS/C(=C(/N)c2nc(NCCc3cccnc3)ncc2C)N1. The Labute approximate surface area is 152 Å². The Morgan fingerprint density at radius 1 is 1.36 bits per heavy atom. The van der Waals surface area contributed by atoms with E-state index in [0.29, 0.717) is 11.6 Å². The van der Waals surface area contributed by atoms with Gasteiger partial charge in [0.2, 0.25) is 5.95 Å². The number of anilines is 1. The Hall–Kier alpha value is -2.54. The highest BCUT2D eigenvalue weighted by Gasteiger charge is 2.16. The summed E-state index contributed by atoms with van der Waals surface area (Å²) in [5.41, 5.74) is 11.1. The van der Waals surface area contributed by atoms with Crippen molar-refractivity contribution in [2.75, 3.05) is 11.9 Å². The van der Waals surface area contributed by atoms with Crippen LogP contribution in [0.15, 0.2) is 46.9 Å². The van der Waals surface area contributed by atoms with E-state index < -0.39 is 0 Å². The molecule has 0 atom stereocenters. The van der Waals surface area contributed by atoms with Crippen molar-refractivity contribution in [3.05, 3.63) is 63.7 Å². The molecule has 4 N–H and O–H groups in total. The van der Waals surface area contributed by atoms with Gasteiger partial charge in [-0.15, -0.1) is 0 Å². The molecule has 0 amide bonds. The zero-order valence-electron chi connectivity index (χ0n) is 14.4. The fourth-order valence-corrected chi connectivity index (χ4v) is 3.31. The number of rotatable bonds is 6. The number of hydrogen-bond donors (Lipinski definition) is 3. The predicted molar refractivity (Wildman–Crippen MR) is 103 cm³/mol. The zero-order valence-corrected chi connectivity index (χ0v) is 15.2. The maximum Gasteiger partial charge on any atom is 0.223 e. The number of aryl methyl sites for hydroxylation is 1. The van der Waals surface area contributed by atoms with E-state index >= 15 is 0 Å². The Balaban J connectivity index is 1.69. The van der Waals surface area contributed by atoms with Gasteiger partial charge in [0.05, 0.1) is 11.4 Å². The van der Waals surface area contributed by atoms with Crippen molar-refractivity contribution in [2.24, 2.45) is 5.73 Å². The molecule has 0 unspecified atom stereocenters. The van der Waals surface area contributed by atoms with Crippen LogP contribution in [-0.4, -0.2) is 21.5 Å². The summed E-state index contributed by atoms with van der Waals surface area (Å²) in [6.07, 6.45) is 7.26. The van der Waals surface area contributed by atoms with Crippen LogP contribution in [0.2, 0.25) is 0 Å². The van der Waals surface area contributed by atoms with Crippen LogP contribution in [0.25, 0.3) is 5.70 Å². The van der Waals surface area contributed by atoms with Crippen LogP contribution >= 0.6 is 11.8 Å². The largest absolute Gasteiger partial charge is 0.395 e. The highest BCUT2D eigenvalue weighted by atomic mass is 32.2. The molecule has 0 spiro atoms. The van der Waals surface area contributed by atoms with Gasteiger partial charge < -0.3 is 16.4 Å². The lowest BCUT2D eigenvalue weighted by molar-refractivity contribution is 0.944. The van der Waals surface area contributed by atoms with Crippen molar-refractivity contribution in [1.29, 1.82) is 0 Å². The summed E-state index contributed by atoms with van der Waals surface area (Å²) in [5.74, 6) is 0.583. The van der Waals surface area contributed by atoms with Crippen LogP contribution in [-0.2, 0) is 6.42 Å². The quantitative estimate of drug-likeness (QED) is 0.735. The number of hydrogen-bond acceptors (Lipinski definition) is 7. The van der Waals surface area contributed by atoms with Crippen molar-refractivity contribution in [1.82, 2.24) is 20.3 Å². The molecule has 7 heteroatoms. The highest BCUT2D eigenvalue weighted by Crippen LogP contribution is 2.30. The predicted octanol–water partition coefficient (Wildman–Crippen LogP) is 3.01. The second-order valence-electron chi connectivity index (χ2n) is 5.75. The molecule has 0 bridgehead atoms. The lowest BCUT2D eigenvalue weighted by atomic mass is 10.2. The smallest absolute Gasteiger partial charge is 0.223 e. The lowest BCUT2D eigenvalue weighted by Crippen LogP contribution is -2.15. The Bertz CT molecular complexity index is 800. The third-order valence-electron chi connectivity index (χ3n) is 3.87. The molecule has 0 saturated carbocycles. The minimum Gasteiger partial charge on any atom is -0.395 e. The lowest BCUT2D eigenvalue weighted by Gasteiger charge is -2.12. The molecule has 2 aromatic heterocycles. The van der Waals surface area contributed by atoms with E-state index in [4.69, 9.17) is 5.73 Å². The van der Waals surface area contributed by atoms with Crippen LogP contribution < -0.4 is 16.4 Å². The van der Waals surface area contributed by atoms with Crippen LogP contribution in [0.1, 0.15) is 30.2 Å². The van der Waals surface area contributed by atoms with Crippen LogP contribution in [0, 0.1) is 6.92 Å². The van der Waals surface area contributed by atoms with Crippen LogP contribution in [0.3, 0.4) is 0 Å². The maximum absolute atomic E-state index is 6.34.